The van der Waals surface area contributed by atoms with E-state index in [-0.39, 0.29) is 23.8 Å². The maximum Gasteiger partial charge on any atom is 0.257 e. The number of anilines is 1. The van der Waals surface area contributed by atoms with Gasteiger partial charge in [-0.05, 0) is 23.4 Å². The van der Waals surface area contributed by atoms with Gasteiger partial charge in [0.25, 0.3) is 5.56 Å². The Bertz CT molecular complexity index is 846. The standard InChI is InChI=1S/C18H19N3O3S/c1-3-9-24-12-7-5-11(6-8-12)13-10-14(22)19-16-15(13)17(23)21-18(20-16)25-4-2/h3,5-8,13H,1,4,9-10H2,2H3,(H2,19,20,21,22,23). The van der Waals surface area contributed by atoms with Crippen molar-refractivity contribution in [3.05, 3.63) is 58.4 Å². The van der Waals surface area contributed by atoms with Crippen LogP contribution in [-0.4, -0.2) is 28.2 Å². The second kappa shape index (κ2) is 7.57. The summed E-state index contributed by atoms with van der Waals surface area (Å²) in [5, 5.41) is 3.23. The van der Waals surface area contributed by atoms with E-state index in [2.05, 4.69) is 21.9 Å². The molecule has 25 heavy (non-hydrogen) atoms. The Labute approximate surface area is 149 Å². The lowest BCUT2D eigenvalue weighted by molar-refractivity contribution is -0.116. The molecular weight excluding hydrogens is 338 g/mol. The molecule has 0 aliphatic carbocycles. The Kier molecular flexibility index (Phi) is 5.23. The Morgan fingerprint density at radius 3 is 2.80 bits per heavy atom. The van der Waals surface area contributed by atoms with Gasteiger partial charge < -0.3 is 15.0 Å². The van der Waals surface area contributed by atoms with Gasteiger partial charge in [0.1, 0.15) is 18.2 Å². The molecule has 0 fully saturated rings. The summed E-state index contributed by atoms with van der Waals surface area (Å²) in [7, 11) is 0. The van der Waals surface area contributed by atoms with Crippen LogP contribution in [-0.2, 0) is 4.79 Å². The summed E-state index contributed by atoms with van der Waals surface area (Å²) in [6, 6.07) is 7.40. The fourth-order valence-corrected chi connectivity index (χ4v) is 3.39. The van der Waals surface area contributed by atoms with Crippen LogP contribution in [0.5, 0.6) is 5.75 Å². The number of amides is 1. The summed E-state index contributed by atoms with van der Waals surface area (Å²) in [6.07, 6.45) is 1.89. The van der Waals surface area contributed by atoms with E-state index >= 15 is 0 Å². The van der Waals surface area contributed by atoms with E-state index in [0.29, 0.717) is 28.9 Å². The third-order valence-corrected chi connectivity index (χ3v) is 4.62. The first-order chi connectivity index (χ1) is 12.1. The minimum Gasteiger partial charge on any atom is -0.490 e. The lowest BCUT2D eigenvalue weighted by atomic mass is 9.87. The van der Waals surface area contributed by atoms with Crippen molar-refractivity contribution in [3.8, 4) is 5.75 Å². The molecule has 0 spiro atoms. The van der Waals surface area contributed by atoms with Gasteiger partial charge in [-0.3, -0.25) is 9.59 Å². The number of hydrogen-bond donors (Lipinski definition) is 2. The molecule has 2 N–H and O–H groups in total. The smallest absolute Gasteiger partial charge is 0.257 e. The summed E-state index contributed by atoms with van der Waals surface area (Å²) in [5.74, 6) is 1.38. The van der Waals surface area contributed by atoms with Gasteiger partial charge >= 0.3 is 0 Å². The first kappa shape index (κ1) is 17.3. The number of aromatic nitrogens is 2. The summed E-state index contributed by atoms with van der Waals surface area (Å²) in [5.41, 5.74) is 1.17. The number of nitrogens with zero attached hydrogens (tertiary/aromatic N) is 1. The number of fused-ring (bicyclic) bond motifs is 1. The highest BCUT2D eigenvalue weighted by Crippen LogP contribution is 2.35. The number of thioether (sulfide) groups is 1. The van der Waals surface area contributed by atoms with E-state index in [0.717, 1.165) is 11.3 Å². The normalized spacial score (nSPS) is 16.0. The topological polar surface area (TPSA) is 84.1 Å². The van der Waals surface area contributed by atoms with Gasteiger partial charge in [0.2, 0.25) is 5.91 Å². The van der Waals surface area contributed by atoms with Crippen molar-refractivity contribution < 1.29 is 9.53 Å². The summed E-state index contributed by atoms with van der Waals surface area (Å²) < 4.78 is 5.47. The molecule has 1 aliphatic rings. The maximum absolute atomic E-state index is 12.6. The first-order valence-corrected chi connectivity index (χ1v) is 9.01. The average molecular weight is 357 g/mol. The summed E-state index contributed by atoms with van der Waals surface area (Å²) in [6.45, 7) is 6.01. The Morgan fingerprint density at radius 2 is 2.12 bits per heavy atom. The number of nitrogens with one attached hydrogen (secondary N) is 2. The monoisotopic (exact) mass is 357 g/mol. The second-order valence-corrected chi connectivity index (χ2v) is 6.79. The van der Waals surface area contributed by atoms with Crippen LogP contribution < -0.4 is 15.6 Å². The average Bonchev–Trinajstić information content (AvgIpc) is 2.59. The van der Waals surface area contributed by atoms with E-state index in [4.69, 9.17) is 4.74 Å². The van der Waals surface area contributed by atoms with E-state index in [1.54, 1.807) is 6.08 Å². The van der Waals surface area contributed by atoms with Gasteiger partial charge in [-0.2, -0.15) is 0 Å². The van der Waals surface area contributed by atoms with E-state index in [9.17, 15) is 9.59 Å². The van der Waals surface area contributed by atoms with Crippen LogP contribution in [0.2, 0.25) is 0 Å². The van der Waals surface area contributed by atoms with Gasteiger partial charge in [-0.15, -0.1) is 0 Å². The number of carbonyl (C=O) groups excluding carboxylic acids is 1. The molecule has 3 rings (SSSR count). The van der Waals surface area contributed by atoms with Gasteiger partial charge in [0.05, 0.1) is 5.56 Å². The second-order valence-electron chi connectivity index (χ2n) is 5.54. The lowest BCUT2D eigenvalue weighted by Gasteiger charge is -2.24. The van der Waals surface area contributed by atoms with Crippen molar-refractivity contribution in [1.29, 1.82) is 0 Å². The van der Waals surface area contributed by atoms with Crippen LogP contribution >= 0.6 is 11.8 Å². The largest absolute Gasteiger partial charge is 0.490 e. The van der Waals surface area contributed by atoms with Crippen molar-refractivity contribution in [2.45, 2.75) is 24.4 Å². The molecule has 2 aromatic rings. The van der Waals surface area contributed by atoms with Crippen molar-refractivity contribution in [2.75, 3.05) is 17.7 Å². The molecule has 0 bridgehead atoms. The molecule has 1 aliphatic heterocycles. The predicted octanol–water partition coefficient (Wildman–Crippen LogP) is 2.92. The SMILES string of the molecule is C=CCOc1ccc(C2CC(=O)Nc3nc(SCC)[nH]c(=O)c32)cc1. The number of H-pyrrole nitrogens is 1. The zero-order valence-electron chi connectivity index (χ0n) is 13.9. The number of ether oxygens (including phenoxy) is 1. The molecule has 130 valence electrons. The minimum atomic E-state index is -0.325. The van der Waals surface area contributed by atoms with Crippen LogP contribution in [0.15, 0.2) is 46.9 Å². The van der Waals surface area contributed by atoms with Crippen LogP contribution in [0.1, 0.15) is 30.4 Å². The maximum atomic E-state index is 12.6. The summed E-state index contributed by atoms with van der Waals surface area (Å²) in [4.78, 5) is 31.8. The minimum absolute atomic E-state index is 0.143. The third-order valence-electron chi connectivity index (χ3n) is 3.86. The van der Waals surface area contributed by atoms with Crippen LogP contribution in [0.3, 0.4) is 0 Å². The molecule has 0 radical (unpaired) electrons. The molecule has 1 aromatic heterocycles. The zero-order valence-corrected chi connectivity index (χ0v) is 14.7. The Morgan fingerprint density at radius 1 is 1.36 bits per heavy atom. The highest BCUT2D eigenvalue weighted by Gasteiger charge is 2.30. The predicted molar refractivity (Wildman–Crippen MR) is 98.5 cm³/mol. The van der Waals surface area contributed by atoms with Crippen molar-refractivity contribution >= 4 is 23.5 Å². The molecule has 0 saturated carbocycles. The van der Waals surface area contributed by atoms with Crippen molar-refractivity contribution in [1.82, 2.24) is 9.97 Å². The molecule has 1 atom stereocenters. The van der Waals surface area contributed by atoms with E-state index in [1.165, 1.54) is 11.8 Å². The number of benzene rings is 1. The molecule has 7 heteroatoms. The Balaban J connectivity index is 1.97. The molecule has 6 nitrogen and oxygen atoms in total. The molecule has 1 unspecified atom stereocenters. The highest BCUT2D eigenvalue weighted by molar-refractivity contribution is 7.99. The summed E-state index contributed by atoms with van der Waals surface area (Å²) >= 11 is 1.43. The quantitative estimate of drug-likeness (QED) is 0.472. The van der Waals surface area contributed by atoms with Crippen molar-refractivity contribution in [3.63, 3.8) is 0 Å². The van der Waals surface area contributed by atoms with Gasteiger partial charge in [-0.25, -0.2) is 4.98 Å². The zero-order chi connectivity index (χ0) is 17.8. The number of carbonyl (C=O) groups is 1. The van der Waals surface area contributed by atoms with E-state index < -0.39 is 0 Å². The van der Waals surface area contributed by atoms with Gasteiger partial charge in [-0.1, -0.05) is 43.5 Å². The van der Waals surface area contributed by atoms with Gasteiger partial charge in [0.15, 0.2) is 5.16 Å². The van der Waals surface area contributed by atoms with E-state index in [1.807, 2.05) is 31.2 Å². The molecule has 2 heterocycles. The number of aromatic amines is 1. The fourth-order valence-electron chi connectivity index (χ4n) is 2.79. The number of hydrogen-bond acceptors (Lipinski definition) is 5. The van der Waals surface area contributed by atoms with Crippen LogP contribution in [0.4, 0.5) is 5.82 Å². The highest BCUT2D eigenvalue weighted by atomic mass is 32.2. The first-order valence-electron chi connectivity index (χ1n) is 8.03. The molecular formula is C18H19N3O3S. The molecule has 1 aromatic carbocycles. The Hall–Kier alpha value is -2.54. The third kappa shape index (κ3) is 3.76. The molecule has 0 saturated heterocycles. The van der Waals surface area contributed by atoms with Gasteiger partial charge in [0, 0.05) is 12.3 Å². The lowest BCUT2D eigenvalue weighted by Crippen LogP contribution is -2.31. The molecule has 1 amide bonds. The number of rotatable bonds is 6. The fraction of sp³-hybridized carbons (Fsp3) is 0.278. The van der Waals surface area contributed by atoms with Crippen molar-refractivity contribution in [2.24, 2.45) is 0 Å². The van der Waals surface area contributed by atoms with Crippen LogP contribution in [0, 0.1) is 0 Å². The van der Waals surface area contributed by atoms with Crippen LogP contribution in [0.25, 0.3) is 0 Å².